The Morgan fingerprint density at radius 2 is 1.16 bits per heavy atom. The zero-order valence-corrected chi connectivity index (χ0v) is 27.7. The maximum absolute atomic E-state index is 7.03. The Labute approximate surface area is 247 Å². The molecular weight excluding hydrogens is 599 g/mol. The summed E-state index contributed by atoms with van der Waals surface area (Å²) in [6, 6.07) is 22.0. The van der Waals surface area contributed by atoms with Crippen LogP contribution >= 0.6 is 22.6 Å². The Kier molecular flexibility index (Phi) is 12.8. The Balaban J connectivity index is 1.37. The largest absolute Gasteiger partial charge is 0.407 e. The molecule has 0 amide bonds. The van der Waals surface area contributed by atoms with Crippen molar-refractivity contribution in [2.75, 3.05) is 11.0 Å². The Bertz CT molecular complexity index is 873. The van der Waals surface area contributed by atoms with E-state index in [9.17, 15) is 0 Å². The minimum absolute atomic E-state index is 0.0529. The molecule has 2 aromatic carbocycles. The smallest absolute Gasteiger partial charge is 0.261 e. The Hall–Kier alpha value is -0.733. The first-order chi connectivity index (χ1) is 18.2. The molecule has 1 saturated heterocycles. The highest BCUT2D eigenvalue weighted by Gasteiger charge is 2.50. The van der Waals surface area contributed by atoms with Gasteiger partial charge < -0.3 is 13.9 Å². The van der Waals surface area contributed by atoms with E-state index in [1.54, 1.807) is 0 Å². The number of rotatable bonds is 16. The predicted molar refractivity (Wildman–Crippen MR) is 172 cm³/mol. The summed E-state index contributed by atoms with van der Waals surface area (Å²) in [6.45, 7) is 12.0. The van der Waals surface area contributed by atoms with Gasteiger partial charge in [-0.3, -0.25) is 0 Å². The molecule has 0 unspecified atom stereocenters. The molecule has 2 aromatic rings. The molecule has 0 N–H and O–H groups in total. The van der Waals surface area contributed by atoms with Crippen LogP contribution < -0.4 is 10.4 Å². The van der Waals surface area contributed by atoms with Gasteiger partial charge in [-0.05, 0) is 48.5 Å². The first kappa shape index (κ1) is 31.8. The lowest BCUT2D eigenvalue weighted by Gasteiger charge is -2.43. The molecule has 1 aliphatic rings. The van der Waals surface area contributed by atoms with Gasteiger partial charge in [-0.25, -0.2) is 0 Å². The van der Waals surface area contributed by atoms with Gasteiger partial charge in [0.2, 0.25) is 0 Å². The Morgan fingerprint density at radius 1 is 0.711 bits per heavy atom. The third-order valence-electron chi connectivity index (χ3n) is 7.80. The van der Waals surface area contributed by atoms with Crippen molar-refractivity contribution in [2.45, 2.75) is 122 Å². The standard InChI is InChI=1S/C33H51IO3Si/c1-32(2,3)38(28-20-14-12-15-21-28,29-22-16-13-17-23-29)35-27-19-11-9-7-6-8-10-18-24-30-31(25-26-34)37-33(4,5)36-30/h12-17,20-23,30-31H,6-11,18-19,24-27H2,1-5H3/t30-,31-/m0/s1. The van der Waals surface area contributed by atoms with E-state index in [4.69, 9.17) is 13.9 Å². The van der Waals surface area contributed by atoms with Gasteiger partial charge in [0.15, 0.2) is 5.79 Å². The third-order valence-corrected chi connectivity index (χ3v) is 13.5. The molecule has 0 radical (unpaired) electrons. The van der Waals surface area contributed by atoms with Crippen molar-refractivity contribution >= 4 is 41.3 Å². The summed E-state index contributed by atoms with van der Waals surface area (Å²) in [7, 11) is -2.39. The van der Waals surface area contributed by atoms with E-state index in [1.165, 1.54) is 55.3 Å². The summed E-state index contributed by atoms with van der Waals surface area (Å²) in [5.74, 6) is -0.415. The summed E-state index contributed by atoms with van der Waals surface area (Å²) in [6.07, 6.45) is 13.0. The molecule has 1 aliphatic heterocycles. The van der Waals surface area contributed by atoms with E-state index in [-0.39, 0.29) is 17.2 Å². The Morgan fingerprint density at radius 3 is 1.63 bits per heavy atom. The zero-order chi connectivity index (χ0) is 27.5. The quantitative estimate of drug-likeness (QED) is 0.0791. The summed E-state index contributed by atoms with van der Waals surface area (Å²) >= 11 is 2.44. The first-order valence-electron chi connectivity index (χ1n) is 14.9. The number of ether oxygens (including phenoxy) is 2. The van der Waals surface area contributed by atoms with E-state index in [0.717, 1.165) is 30.3 Å². The van der Waals surface area contributed by atoms with Crippen LogP contribution in [0.4, 0.5) is 0 Å². The van der Waals surface area contributed by atoms with E-state index in [0.29, 0.717) is 0 Å². The number of hydrogen-bond donors (Lipinski definition) is 0. The molecular formula is C33H51IO3Si. The molecule has 0 aromatic heterocycles. The van der Waals surface area contributed by atoms with Gasteiger partial charge in [0, 0.05) is 11.0 Å². The molecule has 1 heterocycles. The number of alkyl halides is 1. The van der Waals surface area contributed by atoms with E-state index in [1.807, 2.05) is 13.8 Å². The average Bonchev–Trinajstić information content (AvgIpc) is 3.18. The molecule has 2 atom stereocenters. The maximum Gasteiger partial charge on any atom is 0.261 e. The SMILES string of the molecule is CC1(C)O[C@@H](CCI)[C@H](CCCCCCCCCCO[Si](c2ccccc2)(c2ccccc2)C(C)(C)C)O1. The van der Waals surface area contributed by atoms with Gasteiger partial charge in [0.1, 0.15) is 0 Å². The number of benzene rings is 2. The molecule has 0 bridgehead atoms. The fraction of sp³-hybridized carbons (Fsp3) is 0.636. The third kappa shape index (κ3) is 8.89. The second-order valence-electron chi connectivity index (χ2n) is 12.3. The van der Waals surface area contributed by atoms with Crippen molar-refractivity contribution < 1.29 is 13.9 Å². The highest BCUT2D eigenvalue weighted by molar-refractivity contribution is 14.1. The van der Waals surface area contributed by atoms with Crippen LogP contribution in [0.3, 0.4) is 0 Å². The van der Waals surface area contributed by atoms with Gasteiger partial charge >= 0.3 is 0 Å². The second kappa shape index (κ2) is 15.3. The van der Waals surface area contributed by atoms with Crippen LogP contribution in [0, 0.1) is 0 Å². The van der Waals surface area contributed by atoms with E-state index >= 15 is 0 Å². The highest BCUT2D eigenvalue weighted by atomic mass is 127. The van der Waals surface area contributed by atoms with Crippen molar-refractivity contribution in [1.29, 1.82) is 0 Å². The number of hydrogen-bond acceptors (Lipinski definition) is 3. The molecule has 3 rings (SSSR count). The summed E-state index contributed by atoms with van der Waals surface area (Å²) in [4.78, 5) is 0. The van der Waals surface area contributed by atoms with Gasteiger partial charge in [-0.15, -0.1) is 0 Å². The normalized spacial score (nSPS) is 19.6. The van der Waals surface area contributed by atoms with Crippen LogP contribution in [-0.4, -0.2) is 37.3 Å². The van der Waals surface area contributed by atoms with Gasteiger partial charge in [-0.2, -0.15) is 0 Å². The van der Waals surface area contributed by atoms with Gasteiger partial charge in [0.05, 0.1) is 12.2 Å². The van der Waals surface area contributed by atoms with Crippen LogP contribution in [0.1, 0.15) is 98.8 Å². The molecule has 0 saturated carbocycles. The predicted octanol–water partition coefficient (Wildman–Crippen LogP) is 8.42. The van der Waals surface area contributed by atoms with Crippen LogP contribution in [0.5, 0.6) is 0 Å². The molecule has 5 heteroatoms. The second-order valence-corrected chi connectivity index (χ2v) is 17.7. The number of unbranched alkanes of at least 4 members (excludes halogenated alkanes) is 7. The van der Waals surface area contributed by atoms with Gasteiger partial charge in [0.25, 0.3) is 8.32 Å². The lowest BCUT2D eigenvalue weighted by Crippen LogP contribution is -2.66. The van der Waals surface area contributed by atoms with Crippen LogP contribution in [-0.2, 0) is 13.9 Å². The van der Waals surface area contributed by atoms with Crippen LogP contribution in [0.25, 0.3) is 0 Å². The fourth-order valence-corrected chi connectivity index (χ4v) is 11.2. The molecule has 0 spiro atoms. The highest BCUT2D eigenvalue weighted by Crippen LogP contribution is 2.37. The minimum Gasteiger partial charge on any atom is -0.407 e. The van der Waals surface area contributed by atoms with E-state index in [2.05, 4.69) is 104 Å². The number of halogens is 1. The summed E-state index contributed by atoms with van der Waals surface area (Å²) in [5, 5.41) is 2.80. The monoisotopic (exact) mass is 650 g/mol. The molecule has 3 nitrogen and oxygen atoms in total. The summed E-state index contributed by atoms with van der Waals surface area (Å²) in [5.41, 5.74) is 0. The summed E-state index contributed by atoms with van der Waals surface area (Å²) < 4.78 is 20.4. The zero-order valence-electron chi connectivity index (χ0n) is 24.5. The van der Waals surface area contributed by atoms with Crippen molar-refractivity contribution in [3.63, 3.8) is 0 Å². The van der Waals surface area contributed by atoms with Crippen LogP contribution in [0.2, 0.25) is 5.04 Å². The van der Waals surface area contributed by atoms with Crippen molar-refractivity contribution in [2.24, 2.45) is 0 Å². The van der Waals surface area contributed by atoms with Crippen molar-refractivity contribution in [1.82, 2.24) is 0 Å². The molecule has 1 fully saturated rings. The van der Waals surface area contributed by atoms with Crippen LogP contribution in [0.15, 0.2) is 60.7 Å². The van der Waals surface area contributed by atoms with Gasteiger partial charge in [-0.1, -0.05) is 149 Å². The maximum atomic E-state index is 7.03. The molecule has 0 aliphatic carbocycles. The average molecular weight is 651 g/mol. The molecule has 212 valence electrons. The minimum atomic E-state index is -2.39. The lowest BCUT2D eigenvalue weighted by molar-refractivity contribution is -0.146. The lowest BCUT2D eigenvalue weighted by atomic mass is 10.0. The van der Waals surface area contributed by atoms with Crippen molar-refractivity contribution in [3.8, 4) is 0 Å². The topological polar surface area (TPSA) is 27.7 Å². The first-order valence-corrected chi connectivity index (χ1v) is 18.3. The van der Waals surface area contributed by atoms with E-state index < -0.39 is 14.1 Å². The molecule has 38 heavy (non-hydrogen) atoms. The fourth-order valence-electron chi connectivity index (χ4n) is 6.00. The van der Waals surface area contributed by atoms with Crippen molar-refractivity contribution in [3.05, 3.63) is 60.7 Å².